The minimum atomic E-state index is -3.97. The average molecular weight is 336 g/mol. The summed E-state index contributed by atoms with van der Waals surface area (Å²) < 4.78 is 27.1. The molecule has 0 radical (unpaired) electrons. The lowest BCUT2D eigenvalue weighted by Crippen LogP contribution is -2.39. The SMILES string of the molecule is CC(C)C(CCO)NS(=O)(=O)c1cc(C(=O)O)ccc1Cl. The third-order valence-electron chi connectivity index (χ3n) is 3.02. The van der Waals surface area contributed by atoms with Crippen LogP contribution in [0.1, 0.15) is 30.6 Å². The summed E-state index contributed by atoms with van der Waals surface area (Å²) >= 11 is 5.86. The number of aliphatic hydroxyl groups excluding tert-OH is 1. The lowest BCUT2D eigenvalue weighted by atomic mass is 10.0. The van der Waals surface area contributed by atoms with E-state index < -0.39 is 22.0 Å². The second kappa shape index (κ2) is 7.22. The molecule has 8 heteroatoms. The van der Waals surface area contributed by atoms with E-state index in [1.807, 2.05) is 13.8 Å². The van der Waals surface area contributed by atoms with Crippen molar-refractivity contribution in [3.05, 3.63) is 28.8 Å². The van der Waals surface area contributed by atoms with E-state index in [0.29, 0.717) is 0 Å². The number of sulfonamides is 1. The van der Waals surface area contributed by atoms with E-state index in [9.17, 15) is 13.2 Å². The average Bonchev–Trinajstić information content (AvgIpc) is 2.37. The lowest BCUT2D eigenvalue weighted by Gasteiger charge is -2.21. The molecule has 1 atom stereocenters. The third kappa shape index (κ3) is 4.67. The fourth-order valence-electron chi connectivity index (χ4n) is 1.77. The second-order valence-electron chi connectivity index (χ2n) is 4.93. The summed E-state index contributed by atoms with van der Waals surface area (Å²) in [5, 5.41) is 17.9. The Bertz CT molecular complexity index is 615. The molecule has 1 unspecified atom stereocenters. The maximum Gasteiger partial charge on any atom is 0.335 e. The van der Waals surface area contributed by atoms with Gasteiger partial charge in [-0.15, -0.1) is 0 Å². The van der Waals surface area contributed by atoms with Crippen molar-refractivity contribution in [2.75, 3.05) is 6.61 Å². The number of rotatable bonds is 7. The van der Waals surface area contributed by atoms with E-state index >= 15 is 0 Å². The Hall–Kier alpha value is -1.15. The summed E-state index contributed by atoms with van der Waals surface area (Å²) in [5.41, 5.74) is -0.164. The highest BCUT2D eigenvalue weighted by atomic mass is 35.5. The molecule has 3 N–H and O–H groups in total. The number of aliphatic hydroxyl groups is 1. The van der Waals surface area contributed by atoms with Crippen LogP contribution in [-0.4, -0.2) is 37.2 Å². The van der Waals surface area contributed by atoms with E-state index in [-0.39, 0.29) is 34.4 Å². The molecule has 1 aromatic carbocycles. The number of hydrogen-bond acceptors (Lipinski definition) is 4. The van der Waals surface area contributed by atoms with Gasteiger partial charge < -0.3 is 10.2 Å². The van der Waals surface area contributed by atoms with Crippen LogP contribution in [0.15, 0.2) is 23.1 Å². The van der Waals surface area contributed by atoms with E-state index in [4.69, 9.17) is 21.8 Å². The van der Waals surface area contributed by atoms with Crippen molar-refractivity contribution in [2.24, 2.45) is 5.92 Å². The first-order valence-corrected chi connectivity index (χ1v) is 8.21. The number of benzene rings is 1. The topological polar surface area (TPSA) is 104 Å². The van der Waals surface area contributed by atoms with Crippen molar-refractivity contribution >= 4 is 27.6 Å². The first-order valence-electron chi connectivity index (χ1n) is 6.35. The molecule has 1 aromatic rings. The second-order valence-corrected chi connectivity index (χ2v) is 7.02. The molecule has 0 aliphatic heterocycles. The number of nitrogens with one attached hydrogen (secondary N) is 1. The molecule has 0 aliphatic rings. The predicted molar refractivity (Wildman–Crippen MR) is 79.1 cm³/mol. The zero-order valence-electron chi connectivity index (χ0n) is 11.7. The standard InChI is InChI=1S/C13H18ClNO5S/c1-8(2)11(5-6-16)15-21(19,20)12-7-9(13(17)18)3-4-10(12)14/h3-4,7-8,11,15-16H,5-6H2,1-2H3,(H,17,18). The quantitative estimate of drug-likeness (QED) is 0.704. The van der Waals surface area contributed by atoms with Crippen LogP contribution in [0.2, 0.25) is 5.02 Å². The first-order chi connectivity index (χ1) is 9.69. The molecule has 0 spiro atoms. The Labute approximate surface area is 128 Å². The van der Waals surface area contributed by atoms with Crippen LogP contribution in [0.5, 0.6) is 0 Å². The minimum absolute atomic E-state index is 0.0339. The van der Waals surface area contributed by atoms with Gasteiger partial charge in [0.1, 0.15) is 4.90 Å². The fourth-order valence-corrected chi connectivity index (χ4v) is 3.72. The van der Waals surface area contributed by atoms with Crippen LogP contribution in [0.4, 0.5) is 0 Å². The Kier molecular flexibility index (Phi) is 6.15. The molecule has 0 amide bonds. The van der Waals surface area contributed by atoms with Gasteiger partial charge in [0.05, 0.1) is 10.6 Å². The maximum absolute atomic E-state index is 12.3. The van der Waals surface area contributed by atoms with Crippen molar-refractivity contribution in [3.8, 4) is 0 Å². The first kappa shape index (κ1) is 17.9. The van der Waals surface area contributed by atoms with Gasteiger partial charge in [0, 0.05) is 12.6 Å². The minimum Gasteiger partial charge on any atom is -0.478 e. The lowest BCUT2D eigenvalue weighted by molar-refractivity contribution is 0.0696. The molecule has 0 fully saturated rings. The van der Waals surface area contributed by atoms with Crippen molar-refractivity contribution < 1.29 is 23.4 Å². The van der Waals surface area contributed by atoms with Gasteiger partial charge in [-0.3, -0.25) is 0 Å². The van der Waals surface area contributed by atoms with E-state index in [0.717, 1.165) is 6.07 Å². The zero-order valence-corrected chi connectivity index (χ0v) is 13.3. The molecule has 0 heterocycles. The van der Waals surface area contributed by atoms with Crippen molar-refractivity contribution in [3.63, 3.8) is 0 Å². The monoisotopic (exact) mass is 335 g/mol. The van der Waals surface area contributed by atoms with Crippen LogP contribution in [0.25, 0.3) is 0 Å². The van der Waals surface area contributed by atoms with Crippen LogP contribution in [-0.2, 0) is 10.0 Å². The van der Waals surface area contributed by atoms with Gasteiger partial charge in [-0.25, -0.2) is 17.9 Å². The summed E-state index contributed by atoms with van der Waals surface area (Å²) in [5.74, 6) is -1.27. The van der Waals surface area contributed by atoms with E-state index in [2.05, 4.69) is 4.72 Å². The van der Waals surface area contributed by atoms with Gasteiger partial charge >= 0.3 is 5.97 Å². The fraction of sp³-hybridized carbons (Fsp3) is 0.462. The third-order valence-corrected chi connectivity index (χ3v) is 4.99. The van der Waals surface area contributed by atoms with Crippen LogP contribution in [0.3, 0.4) is 0 Å². The number of hydrogen-bond donors (Lipinski definition) is 3. The summed E-state index contributed by atoms with van der Waals surface area (Å²) in [6.07, 6.45) is 0.257. The molecule has 0 saturated heterocycles. The Balaban J connectivity index is 3.18. The molecule has 1 rings (SSSR count). The van der Waals surface area contributed by atoms with Crippen LogP contribution in [0, 0.1) is 5.92 Å². The maximum atomic E-state index is 12.3. The summed E-state index contributed by atoms with van der Waals surface area (Å²) in [6, 6.07) is 3.01. The molecular formula is C13H18ClNO5S. The predicted octanol–water partition coefficient (Wildman–Crippen LogP) is 1.72. The highest BCUT2D eigenvalue weighted by molar-refractivity contribution is 7.89. The van der Waals surface area contributed by atoms with Gasteiger partial charge in [0.2, 0.25) is 10.0 Å². The number of halogens is 1. The zero-order chi connectivity index (χ0) is 16.2. The largest absolute Gasteiger partial charge is 0.478 e. The number of aromatic carboxylic acids is 1. The number of carboxylic acids is 1. The smallest absolute Gasteiger partial charge is 0.335 e. The summed E-state index contributed by atoms with van der Waals surface area (Å²) in [6.45, 7) is 3.48. The molecule has 118 valence electrons. The Morgan fingerprint density at radius 2 is 2.00 bits per heavy atom. The Morgan fingerprint density at radius 1 is 1.38 bits per heavy atom. The summed E-state index contributed by atoms with van der Waals surface area (Å²) in [7, 11) is -3.97. The normalized spacial score (nSPS) is 13.4. The van der Waals surface area contributed by atoms with Gasteiger partial charge in [0.25, 0.3) is 0 Å². The van der Waals surface area contributed by atoms with Gasteiger partial charge in [-0.05, 0) is 30.5 Å². The van der Waals surface area contributed by atoms with Crippen molar-refractivity contribution in [1.29, 1.82) is 0 Å². The molecule has 0 bridgehead atoms. The van der Waals surface area contributed by atoms with E-state index in [1.165, 1.54) is 12.1 Å². The van der Waals surface area contributed by atoms with Gasteiger partial charge in [0.15, 0.2) is 0 Å². The highest BCUT2D eigenvalue weighted by Crippen LogP contribution is 2.24. The number of carboxylic acid groups (broad SMARTS) is 1. The highest BCUT2D eigenvalue weighted by Gasteiger charge is 2.25. The molecule has 6 nitrogen and oxygen atoms in total. The number of carbonyl (C=O) groups is 1. The molecule has 21 heavy (non-hydrogen) atoms. The molecular weight excluding hydrogens is 318 g/mol. The molecule has 0 aliphatic carbocycles. The van der Waals surface area contributed by atoms with Crippen molar-refractivity contribution in [1.82, 2.24) is 4.72 Å². The van der Waals surface area contributed by atoms with Crippen molar-refractivity contribution in [2.45, 2.75) is 31.2 Å². The van der Waals surface area contributed by atoms with Gasteiger partial charge in [-0.2, -0.15) is 0 Å². The van der Waals surface area contributed by atoms with Gasteiger partial charge in [-0.1, -0.05) is 25.4 Å². The summed E-state index contributed by atoms with van der Waals surface area (Å²) in [4.78, 5) is 10.6. The molecule has 0 saturated carbocycles. The van der Waals surface area contributed by atoms with E-state index in [1.54, 1.807) is 0 Å². The van der Waals surface area contributed by atoms with Crippen LogP contribution < -0.4 is 4.72 Å². The van der Waals surface area contributed by atoms with Crippen LogP contribution >= 0.6 is 11.6 Å². The Morgan fingerprint density at radius 3 is 2.48 bits per heavy atom. The molecule has 0 aromatic heterocycles.